The van der Waals surface area contributed by atoms with Gasteiger partial charge in [0.25, 0.3) is 5.91 Å². The Hall–Kier alpha value is -1.40. The molecule has 0 spiro atoms. The summed E-state index contributed by atoms with van der Waals surface area (Å²) in [7, 11) is 0. The van der Waals surface area contributed by atoms with Crippen LogP contribution in [0.4, 0.5) is 0 Å². The number of fused-ring (bicyclic) bond motifs is 1. The lowest BCUT2D eigenvalue weighted by atomic mass is 10.0. The van der Waals surface area contributed by atoms with Gasteiger partial charge in [0.15, 0.2) is 4.96 Å². The van der Waals surface area contributed by atoms with Crippen LogP contribution in [0.25, 0.3) is 4.96 Å². The van der Waals surface area contributed by atoms with Gasteiger partial charge in [-0.25, -0.2) is 4.98 Å². The van der Waals surface area contributed by atoms with Crippen molar-refractivity contribution in [2.24, 2.45) is 11.8 Å². The maximum atomic E-state index is 13.0. The zero-order valence-electron chi connectivity index (χ0n) is 14.5. The summed E-state index contributed by atoms with van der Waals surface area (Å²) < 4.78 is 1.94. The Morgan fingerprint density at radius 3 is 2.92 bits per heavy atom. The highest BCUT2D eigenvalue weighted by Gasteiger charge is 2.33. The summed E-state index contributed by atoms with van der Waals surface area (Å²) >= 11 is 1.57. The van der Waals surface area contributed by atoms with Crippen molar-refractivity contribution in [1.29, 1.82) is 0 Å². The van der Waals surface area contributed by atoms with E-state index in [0.717, 1.165) is 36.9 Å². The zero-order chi connectivity index (χ0) is 16.7. The van der Waals surface area contributed by atoms with Crippen LogP contribution in [0, 0.1) is 11.8 Å². The van der Waals surface area contributed by atoms with Gasteiger partial charge in [0.1, 0.15) is 5.69 Å². The average Bonchev–Trinajstić information content (AvgIpc) is 3.17. The summed E-state index contributed by atoms with van der Waals surface area (Å²) in [6, 6.07) is 0.459. The minimum absolute atomic E-state index is 0.0878. The van der Waals surface area contributed by atoms with Crippen LogP contribution in [0.5, 0.6) is 0 Å². The van der Waals surface area contributed by atoms with Crippen molar-refractivity contribution in [3.63, 3.8) is 0 Å². The Morgan fingerprint density at radius 1 is 1.38 bits per heavy atom. The molecule has 130 valence electrons. The Morgan fingerprint density at radius 2 is 2.21 bits per heavy atom. The van der Waals surface area contributed by atoms with Crippen LogP contribution in [-0.2, 0) is 0 Å². The number of carbonyl (C=O) groups excluding carboxylic acids is 1. The summed E-state index contributed by atoms with van der Waals surface area (Å²) in [5, 5.41) is 1.99. The second kappa shape index (κ2) is 6.48. The van der Waals surface area contributed by atoms with Crippen molar-refractivity contribution in [2.45, 2.75) is 39.2 Å². The van der Waals surface area contributed by atoms with Gasteiger partial charge in [-0.3, -0.25) is 14.1 Å². The topological polar surface area (TPSA) is 40.9 Å². The van der Waals surface area contributed by atoms with Crippen molar-refractivity contribution in [3.8, 4) is 0 Å². The summed E-state index contributed by atoms with van der Waals surface area (Å²) in [5.74, 6) is 1.54. The normalized spacial score (nSPS) is 23.1. The van der Waals surface area contributed by atoms with Crippen LogP contribution >= 0.6 is 11.3 Å². The molecule has 24 heavy (non-hydrogen) atoms. The maximum Gasteiger partial charge on any atom is 0.274 e. The number of nitrogens with zero attached hydrogens (tertiary/aromatic N) is 4. The molecule has 2 aliphatic rings. The van der Waals surface area contributed by atoms with Gasteiger partial charge in [0.05, 0.1) is 0 Å². The van der Waals surface area contributed by atoms with Gasteiger partial charge in [-0.05, 0) is 31.1 Å². The Labute approximate surface area is 147 Å². The van der Waals surface area contributed by atoms with E-state index in [2.05, 4.69) is 23.7 Å². The predicted molar refractivity (Wildman–Crippen MR) is 96.5 cm³/mol. The van der Waals surface area contributed by atoms with Crippen molar-refractivity contribution in [1.82, 2.24) is 19.2 Å². The van der Waals surface area contributed by atoms with Gasteiger partial charge < -0.3 is 4.90 Å². The molecule has 2 aromatic rings. The zero-order valence-corrected chi connectivity index (χ0v) is 15.3. The van der Waals surface area contributed by atoms with E-state index in [4.69, 9.17) is 0 Å². The van der Waals surface area contributed by atoms with Crippen molar-refractivity contribution in [2.75, 3.05) is 26.2 Å². The number of amides is 1. The van der Waals surface area contributed by atoms with Crippen LogP contribution < -0.4 is 0 Å². The molecule has 4 rings (SSSR count). The van der Waals surface area contributed by atoms with Crippen molar-refractivity contribution >= 4 is 22.2 Å². The third-order valence-corrected chi connectivity index (χ3v) is 6.08. The molecule has 0 bridgehead atoms. The van der Waals surface area contributed by atoms with E-state index in [0.29, 0.717) is 17.7 Å². The number of rotatable bonds is 4. The first kappa shape index (κ1) is 16.1. The van der Waals surface area contributed by atoms with E-state index in [1.165, 1.54) is 19.4 Å². The molecular formula is C18H26N4OS. The lowest BCUT2D eigenvalue weighted by molar-refractivity contribution is 0.0699. The standard InChI is InChI=1S/C18H26N4OS/c1-13(2)16-12-21(7-3-6-20(16)10-14-4-5-14)17(23)15-11-22-8-9-24-18(22)19-15/h8-9,11,13-14,16H,3-7,10,12H2,1-2H3/t16-/m1/s1. The first-order chi connectivity index (χ1) is 11.6. The lowest BCUT2D eigenvalue weighted by Gasteiger charge is -2.34. The van der Waals surface area contributed by atoms with Crippen LogP contribution in [0.2, 0.25) is 0 Å². The van der Waals surface area contributed by atoms with Crippen LogP contribution in [0.3, 0.4) is 0 Å². The number of hydrogen-bond donors (Lipinski definition) is 0. The van der Waals surface area contributed by atoms with Gasteiger partial charge in [-0.15, -0.1) is 11.3 Å². The van der Waals surface area contributed by atoms with E-state index in [1.54, 1.807) is 11.3 Å². The lowest BCUT2D eigenvalue weighted by Crippen LogP contribution is -2.46. The Balaban J connectivity index is 1.51. The predicted octanol–water partition coefficient (Wildman–Crippen LogP) is 2.98. The quantitative estimate of drug-likeness (QED) is 0.854. The van der Waals surface area contributed by atoms with E-state index in [1.807, 2.05) is 27.1 Å². The van der Waals surface area contributed by atoms with Crippen molar-refractivity contribution < 1.29 is 4.79 Å². The fourth-order valence-electron chi connectivity index (χ4n) is 3.73. The molecule has 0 N–H and O–H groups in total. The van der Waals surface area contributed by atoms with Crippen LogP contribution in [-0.4, -0.2) is 57.3 Å². The molecule has 0 unspecified atom stereocenters. The van der Waals surface area contributed by atoms with E-state index in [9.17, 15) is 4.79 Å². The van der Waals surface area contributed by atoms with Gasteiger partial charge in [0, 0.05) is 50.0 Å². The first-order valence-corrected chi connectivity index (χ1v) is 9.95. The van der Waals surface area contributed by atoms with E-state index >= 15 is 0 Å². The van der Waals surface area contributed by atoms with Gasteiger partial charge in [0.2, 0.25) is 0 Å². The third-order valence-electron chi connectivity index (χ3n) is 5.31. The minimum Gasteiger partial charge on any atom is -0.336 e. The summed E-state index contributed by atoms with van der Waals surface area (Å²) in [6.45, 7) is 8.56. The maximum absolute atomic E-state index is 13.0. The highest BCUT2D eigenvalue weighted by atomic mass is 32.1. The number of hydrogen-bond acceptors (Lipinski definition) is 4. The molecule has 1 amide bonds. The molecule has 2 fully saturated rings. The molecule has 1 saturated heterocycles. The van der Waals surface area contributed by atoms with Gasteiger partial charge in [-0.1, -0.05) is 13.8 Å². The largest absolute Gasteiger partial charge is 0.336 e. The molecule has 1 atom stereocenters. The molecule has 1 aliphatic heterocycles. The average molecular weight is 347 g/mol. The summed E-state index contributed by atoms with van der Waals surface area (Å²) in [5.41, 5.74) is 0.583. The first-order valence-electron chi connectivity index (χ1n) is 9.07. The van der Waals surface area contributed by atoms with Gasteiger partial charge >= 0.3 is 0 Å². The monoisotopic (exact) mass is 346 g/mol. The molecule has 1 saturated carbocycles. The van der Waals surface area contributed by atoms with Crippen LogP contribution in [0.1, 0.15) is 43.6 Å². The number of imidazole rings is 1. The second-order valence-electron chi connectivity index (χ2n) is 7.57. The third kappa shape index (κ3) is 3.22. The molecule has 3 heterocycles. The SMILES string of the molecule is CC(C)[C@H]1CN(C(=O)c2cn3ccsc3n2)CCCN1CC1CC1. The highest BCUT2D eigenvalue weighted by Crippen LogP contribution is 2.32. The minimum atomic E-state index is 0.0878. The fourth-order valence-corrected chi connectivity index (χ4v) is 4.43. The molecule has 0 radical (unpaired) electrons. The smallest absolute Gasteiger partial charge is 0.274 e. The fraction of sp³-hybridized carbons (Fsp3) is 0.667. The highest BCUT2D eigenvalue weighted by molar-refractivity contribution is 7.15. The summed E-state index contributed by atoms with van der Waals surface area (Å²) in [4.78, 5) is 23.0. The van der Waals surface area contributed by atoms with Crippen LogP contribution in [0.15, 0.2) is 17.8 Å². The number of carbonyl (C=O) groups is 1. The van der Waals surface area contributed by atoms with Crippen molar-refractivity contribution in [3.05, 3.63) is 23.5 Å². The molecule has 5 nitrogen and oxygen atoms in total. The number of thiazole rings is 1. The van der Waals surface area contributed by atoms with E-state index < -0.39 is 0 Å². The Kier molecular flexibility index (Phi) is 4.35. The van der Waals surface area contributed by atoms with E-state index in [-0.39, 0.29) is 5.91 Å². The molecule has 1 aliphatic carbocycles. The molecule has 0 aromatic carbocycles. The molecular weight excluding hydrogens is 320 g/mol. The number of aromatic nitrogens is 2. The van der Waals surface area contributed by atoms with Gasteiger partial charge in [-0.2, -0.15) is 0 Å². The molecule has 6 heteroatoms. The second-order valence-corrected chi connectivity index (χ2v) is 8.45. The Bertz CT molecular complexity index is 689. The molecule has 2 aromatic heterocycles. The summed E-state index contributed by atoms with van der Waals surface area (Å²) in [6.07, 6.45) is 7.65.